The lowest BCUT2D eigenvalue weighted by Crippen LogP contribution is -2.37. The Hall–Kier alpha value is -3.28. The van der Waals surface area contributed by atoms with Gasteiger partial charge in [-0.05, 0) is 73.6 Å². The molecule has 5 rings (SSSR count). The van der Waals surface area contributed by atoms with Crippen LogP contribution in [0.3, 0.4) is 0 Å². The number of benzene rings is 2. The molecule has 2 aliphatic rings. The van der Waals surface area contributed by atoms with Crippen LogP contribution in [0, 0.1) is 5.82 Å². The van der Waals surface area contributed by atoms with E-state index in [0.717, 1.165) is 53.6 Å². The molecular weight excluding hydrogens is 499 g/mol. The van der Waals surface area contributed by atoms with Crippen molar-refractivity contribution in [2.45, 2.75) is 22.5 Å². The molecule has 2 fully saturated rings. The van der Waals surface area contributed by atoms with Gasteiger partial charge in [-0.2, -0.15) is 0 Å². The van der Waals surface area contributed by atoms with E-state index in [1.807, 2.05) is 36.4 Å². The first-order valence-electron chi connectivity index (χ1n) is 11.4. The molecule has 1 amide bonds. The molecule has 0 unspecified atom stereocenters. The number of nitrogens with zero attached hydrogens (tertiary/aromatic N) is 3. The average molecular weight is 527 g/mol. The second kappa shape index (κ2) is 11.6. The average Bonchev–Trinajstić information content (AvgIpc) is 3.67. The van der Waals surface area contributed by atoms with Gasteiger partial charge in [-0.25, -0.2) is 14.4 Å². The van der Waals surface area contributed by atoms with Crippen molar-refractivity contribution in [1.29, 1.82) is 0 Å². The molecule has 1 aliphatic carbocycles. The zero-order valence-electron chi connectivity index (χ0n) is 19.5. The van der Waals surface area contributed by atoms with E-state index < -0.39 is 0 Å². The van der Waals surface area contributed by atoms with E-state index in [1.165, 1.54) is 12.1 Å². The van der Waals surface area contributed by atoms with Gasteiger partial charge in [0.25, 0.3) is 0 Å². The monoisotopic (exact) mass is 526 g/mol. The van der Waals surface area contributed by atoms with Crippen LogP contribution >= 0.6 is 24.0 Å². The summed E-state index contributed by atoms with van der Waals surface area (Å²) >= 11 is 6.67. The highest BCUT2D eigenvalue weighted by molar-refractivity contribution is 8.00. The standard InChI is InChI=1S/C24H24FN5OS2.CH3NO/c25-17-3-7-19(8-4-17)33-24(9-10-24)20-15-21(30-11-13-31-14-12-30)29-22(28-20)16-1-5-18(6-2-16)27-23(26)32;2-1-3/h1-8,15H,9-14H2,(H3,26,27,32);1H,(H2,2,3). The predicted octanol–water partition coefficient (Wildman–Crippen LogP) is 3.66. The fraction of sp³-hybridized carbons (Fsp3) is 0.280. The number of aromatic nitrogens is 2. The summed E-state index contributed by atoms with van der Waals surface area (Å²) in [6.07, 6.45) is 2.29. The molecule has 1 saturated heterocycles. The van der Waals surface area contributed by atoms with Gasteiger partial charge in [-0.3, -0.25) is 4.79 Å². The first-order valence-corrected chi connectivity index (χ1v) is 12.6. The van der Waals surface area contributed by atoms with Gasteiger partial charge in [0.05, 0.1) is 23.7 Å². The van der Waals surface area contributed by atoms with E-state index in [1.54, 1.807) is 11.8 Å². The lowest BCUT2D eigenvalue weighted by Gasteiger charge is -2.29. The van der Waals surface area contributed by atoms with Crippen LogP contribution in [0.1, 0.15) is 18.5 Å². The number of anilines is 2. The Labute approximate surface area is 218 Å². The fourth-order valence-electron chi connectivity index (χ4n) is 3.85. The largest absolute Gasteiger partial charge is 0.378 e. The minimum Gasteiger partial charge on any atom is -0.378 e. The van der Waals surface area contributed by atoms with Crippen LogP contribution in [0.5, 0.6) is 0 Å². The van der Waals surface area contributed by atoms with Crippen molar-refractivity contribution in [3.8, 4) is 11.4 Å². The topological polar surface area (TPSA) is 119 Å². The van der Waals surface area contributed by atoms with Crippen LogP contribution in [-0.2, 0) is 14.3 Å². The van der Waals surface area contributed by atoms with Crippen LogP contribution < -0.4 is 21.7 Å². The second-order valence-electron chi connectivity index (χ2n) is 8.29. The molecule has 5 N–H and O–H groups in total. The van der Waals surface area contributed by atoms with Gasteiger partial charge < -0.3 is 26.4 Å². The maximum absolute atomic E-state index is 13.4. The number of morpholine rings is 1. The molecule has 8 nitrogen and oxygen atoms in total. The van der Waals surface area contributed by atoms with Gasteiger partial charge in [0.1, 0.15) is 11.6 Å². The van der Waals surface area contributed by atoms with Gasteiger partial charge in [-0.1, -0.05) is 0 Å². The summed E-state index contributed by atoms with van der Waals surface area (Å²) in [6, 6.07) is 16.6. The molecule has 1 aliphatic heterocycles. The number of hydrogen-bond donors (Lipinski definition) is 3. The van der Waals surface area contributed by atoms with Crippen molar-refractivity contribution in [2.75, 3.05) is 36.5 Å². The Morgan fingerprint density at radius 1 is 1.11 bits per heavy atom. The number of carbonyl (C=O) groups excluding carboxylic acids is 1. The Balaban J connectivity index is 0.000000967. The molecule has 1 saturated carbocycles. The molecule has 2 aromatic carbocycles. The number of primary amides is 1. The van der Waals surface area contributed by atoms with Crippen molar-refractivity contribution in [1.82, 2.24) is 9.97 Å². The number of ether oxygens (including phenoxy) is 1. The zero-order chi connectivity index (χ0) is 25.5. The molecule has 1 aromatic heterocycles. The quantitative estimate of drug-likeness (QED) is 0.327. The molecule has 0 atom stereocenters. The Morgan fingerprint density at radius 3 is 2.33 bits per heavy atom. The number of nitrogens with two attached hydrogens (primary N) is 2. The first-order chi connectivity index (χ1) is 17.4. The Morgan fingerprint density at radius 2 is 1.75 bits per heavy atom. The molecular formula is C25H27FN6O2S2. The van der Waals surface area contributed by atoms with Crippen molar-refractivity contribution in [3.05, 3.63) is 66.1 Å². The van der Waals surface area contributed by atoms with Crippen molar-refractivity contribution in [2.24, 2.45) is 11.5 Å². The minimum absolute atomic E-state index is 0.121. The molecule has 2 heterocycles. The number of nitrogens with one attached hydrogen (secondary N) is 1. The molecule has 0 bridgehead atoms. The lowest BCUT2D eigenvalue weighted by atomic mass is 10.1. The normalized spacial score (nSPS) is 15.9. The third kappa shape index (κ3) is 6.48. The summed E-state index contributed by atoms with van der Waals surface area (Å²) in [5.41, 5.74) is 12.5. The third-order valence-electron chi connectivity index (χ3n) is 5.76. The van der Waals surface area contributed by atoms with Crippen molar-refractivity contribution >= 4 is 47.0 Å². The van der Waals surface area contributed by atoms with Gasteiger partial charge in [-0.15, -0.1) is 11.8 Å². The molecule has 0 spiro atoms. The predicted molar refractivity (Wildman–Crippen MR) is 144 cm³/mol. The number of rotatable bonds is 6. The van der Waals surface area contributed by atoms with Crippen LogP contribution in [0.2, 0.25) is 0 Å². The molecule has 3 aromatic rings. The lowest BCUT2D eigenvalue weighted by molar-refractivity contribution is -0.106. The van der Waals surface area contributed by atoms with Crippen LogP contribution in [0.15, 0.2) is 59.5 Å². The van der Waals surface area contributed by atoms with Crippen LogP contribution in [0.25, 0.3) is 11.4 Å². The van der Waals surface area contributed by atoms with E-state index in [4.69, 9.17) is 37.5 Å². The number of halogens is 1. The molecule has 11 heteroatoms. The number of thioether (sulfide) groups is 1. The third-order valence-corrected chi connectivity index (χ3v) is 7.37. The van der Waals surface area contributed by atoms with Crippen LogP contribution in [0.4, 0.5) is 15.9 Å². The van der Waals surface area contributed by atoms with Crippen molar-refractivity contribution in [3.63, 3.8) is 0 Å². The van der Waals surface area contributed by atoms with Gasteiger partial charge in [0, 0.05) is 35.3 Å². The minimum atomic E-state index is -0.226. The summed E-state index contributed by atoms with van der Waals surface area (Å²) in [5, 5.41) is 3.17. The van der Waals surface area contributed by atoms with E-state index in [0.29, 0.717) is 19.0 Å². The molecule has 0 radical (unpaired) electrons. The summed E-state index contributed by atoms with van der Waals surface area (Å²) in [5.74, 6) is 1.37. The van der Waals surface area contributed by atoms with Crippen LogP contribution in [-0.4, -0.2) is 47.8 Å². The summed E-state index contributed by atoms with van der Waals surface area (Å²) in [6.45, 7) is 2.96. The van der Waals surface area contributed by atoms with E-state index in [9.17, 15) is 4.39 Å². The number of amides is 1. The van der Waals surface area contributed by atoms with Gasteiger partial charge in [0.2, 0.25) is 6.41 Å². The van der Waals surface area contributed by atoms with E-state index >= 15 is 0 Å². The summed E-state index contributed by atoms with van der Waals surface area (Å²) < 4.78 is 18.8. The highest BCUT2D eigenvalue weighted by Crippen LogP contribution is 2.59. The number of thiocarbonyl (C=S) groups is 1. The Kier molecular flexibility index (Phi) is 8.34. The highest BCUT2D eigenvalue weighted by atomic mass is 32.2. The van der Waals surface area contributed by atoms with Gasteiger partial charge in [0.15, 0.2) is 10.9 Å². The Bertz CT molecular complexity index is 1200. The first kappa shape index (κ1) is 25.8. The fourth-order valence-corrected chi connectivity index (χ4v) is 5.21. The second-order valence-corrected chi connectivity index (χ2v) is 10.2. The summed E-state index contributed by atoms with van der Waals surface area (Å²) in [7, 11) is 0. The van der Waals surface area contributed by atoms with E-state index in [-0.39, 0.29) is 22.1 Å². The molecule has 188 valence electrons. The maximum Gasteiger partial charge on any atom is 0.204 e. The SMILES string of the molecule is NC(=S)Nc1ccc(-c2nc(N3CCOCC3)cc(C3(Sc4ccc(F)cc4)CC3)n2)cc1.NC=O. The number of carbonyl (C=O) groups is 1. The van der Waals surface area contributed by atoms with Crippen molar-refractivity contribution < 1.29 is 13.9 Å². The smallest absolute Gasteiger partial charge is 0.204 e. The zero-order valence-corrected chi connectivity index (χ0v) is 21.2. The maximum atomic E-state index is 13.4. The van der Waals surface area contributed by atoms with Gasteiger partial charge >= 0.3 is 0 Å². The summed E-state index contributed by atoms with van der Waals surface area (Å²) in [4.78, 5) is 21.8. The highest BCUT2D eigenvalue weighted by Gasteiger charge is 2.47. The van der Waals surface area contributed by atoms with E-state index in [2.05, 4.69) is 22.0 Å². The molecule has 36 heavy (non-hydrogen) atoms. The number of hydrogen-bond acceptors (Lipinski definition) is 7.